The molecule has 1 atom stereocenters. The summed E-state index contributed by atoms with van der Waals surface area (Å²) in [6, 6.07) is 5.17. The Hall–Kier alpha value is -1.40. The number of anilines is 1. The molecule has 1 heterocycles. The topological polar surface area (TPSA) is 45.4 Å². The Bertz CT molecular complexity index is 508. The number of halogens is 3. The highest BCUT2D eigenvalue weighted by Gasteiger charge is 2.13. The molecular weight excluding hydrogens is 308 g/mol. The van der Waals surface area contributed by atoms with E-state index in [0.29, 0.717) is 5.76 Å². The number of hydrogen-bond donors (Lipinski definition) is 2. The molecule has 6 heteroatoms. The minimum Gasteiger partial charge on any atom is -0.467 e. The monoisotopic (exact) mass is 317 g/mol. The molecule has 0 bridgehead atoms. The highest BCUT2D eigenvalue weighted by atomic mass is 79.9. The van der Waals surface area contributed by atoms with Gasteiger partial charge in [0, 0.05) is 17.1 Å². The maximum Gasteiger partial charge on any atom is 0.150 e. The average Bonchev–Trinajstić information content (AvgIpc) is 2.80. The van der Waals surface area contributed by atoms with Crippen molar-refractivity contribution in [3.05, 3.63) is 52.4 Å². The van der Waals surface area contributed by atoms with Gasteiger partial charge in [0.1, 0.15) is 23.5 Å². The van der Waals surface area contributed by atoms with E-state index in [1.165, 1.54) is 6.26 Å². The van der Waals surface area contributed by atoms with E-state index in [0.717, 1.165) is 12.1 Å². The van der Waals surface area contributed by atoms with Gasteiger partial charge in [-0.05, 0) is 34.1 Å². The van der Waals surface area contributed by atoms with Crippen LogP contribution < -0.4 is 5.32 Å². The van der Waals surface area contributed by atoms with Crippen molar-refractivity contribution in [2.75, 3.05) is 11.9 Å². The molecule has 0 amide bonds. The number of rotatable bonds is 4. The van der Waals surface area contributed by atoms with E-state index in [-0.39, 0.29) is 16.7 Å². The molecule has 96 valence electrons. The molecule has 0 aliphatic carbocycles. The van der Waals surface area contributed by atoms with Crippen LogP contribution in [0.4, 0.5) is 14.5 Å². The first-order valence-electron chi connectivity index (χ1n) is 5.18. The van der Waals surface area contributed by atoms with Gasteiger partial charge in [0.2, 0.25) is 0 Å². The van der Waals surface area contributed by atoms with E-state index in [2.05, 4.69) is 21.2 Å². The molecule has 0 radical (unpaired) electrons. The number of aliphatic hydroxyl groups is 1. The fraction of sp³-hybridized carbons (Fsp3) is 0.167. The second-order valence-electron chi connectivity index (χ2n) is 3.66. The van der Waals surface area contributed by atoms with Crippen LogP contribution in [0.15, 0.2) is 39.4 Å². The molecule has 1 aromatic heterocycles. The Labute approximate surface area is 111 Å². The van der Waals surface area contributed by atoms with Gasteiger partial charge in [-0.1, -0.05) is 0 Å². The number of aliphatic hydroxyl groups excluding tert-OH is 1. The Morgan fingerprint density at radius 1 is 1.39 bits per heavy atom. The maximum atomic E-state index is 13.5. The molecule has 0 aliphatic rings. The molecule has 0 saturated heterocycles. The van der Waals surface area contributed by atoms with Crippen molar-refractivity contribution in [3.8, 4) is 0 Å². The van der Waals surface area contributed by atoms with Gasteiger partial charge in [-0.2, -0.15) is 0 Å². The SMILES string of the molecule is OC(CNc1c(F)cc(F)cc1Br)c1ccco1. The summed E-state index contributed by atoms with van der Waals surface area (Å²) in [5, 5.41) is 12.4. The van der Waals surface area contributed by atoms with Gasteiger partial charge in [-0.25, -0.2) is 8.78 Å². The predicted molar refractivity (Wildman–Crippen MR) is 66.2 cm³/mol. The van der Waals surface area contributed by atoms with E-state index in [1.54, 1.807) is 12.1 Å². The maximum absolute atomic E-state index is 13.5. The molecule has 0 spiro atoms. The van der Waals surface area contributed by atoms with Crippen molar-refractivity contribution in [3.63, 3.8) is 0 Å². The summed E-state index contributed by atoms with van der Waals surface area (Å²) < 4.78 is 31.6. The van der Waals surface area contributed by atoms with Gasteiger partial charge in [0.25, 0.3) is 0 Å². The lowest BCUT2D eigenvalue weighted by molar-refractivity contribution is 0.162. The third kappa shape index (κ3) is 2.88. The molecule has 0 fully saturated rings. The summed E-state index contributed by atoms with van der Waals surface area (Å²) in [5.74, 6) is -1.02. The summed E-state index contributed by atoms with van der Waals surface area (Å²) in [6.45, 7) is 0.0503. The summed E-state index contributed by atoms with van der Waals surface area (Å²) in [4.78, 5) is 0. The molecule has 1 aromatic carbocycles. The third-order valence-electron chi connectivity index (χ3n) is 2.35. The number of nitrogens with one attached hydrogen (secondary N) is 1. The zero-order chi connectivity index (χ0) is 13.1. The smallest absolute Gasteiger partial charge is 0.150 e. The van der Waals surface area contributed by atoms with E-state index >= 15 is 0 Å². The van der Waals surface area contributed by atoms with Crippen LogP contribution in [0.5, 0.6) is 0 Å². The van der Waals surface area contributed by atoms with E-state index < -0.39 is 17.7 Å². The van der Waals surface area contributed by atoms with Gasteiger partial charge in [0.15, 0.2) is 0 Å². The zero-order valence-electron chi connectivity index (χ0n) is 9.16. The summed E-state index contributed by atoms with van der Waals surface area (Å²) >= 11 is 3.05. The predicted octanol–water partition coefficient (Wildman–Crippen LogP) is 3.47. The fourth-order valence-corrected chi connectivity index (χ4v) is 2.04. The third-order valence-corrected chi connectivity index (χ3v) is 2.98. The fourth-order valence-electron chi connectivity index (χ4n) is 1.49. The normalized spacial score (nSPS) is 12.4. The summed E-state index contributed by atoms with van der Waals surface area (Å²) in [6.07, 6.45) is 0.531. The lowest BCUT2D eigenvalue weighted by Gasteiger charge is -2.12. The highest BCUT2D eigenvalue weighted by molar-refractivity contribution is 9.10. The standard InChI is InChI=1S/C12H10BrF2NO2/c13-8-4-7(14)5-9(15)12(8)16-6-10(17)11-2-1-3-18-11/h1-5,10,16-17H,6H2. The van der Waals surface area contributed by atoms with Crippen molar-refractivity contribution in [2.45, 2.75) is 6.10 Å². The molecule has 2 N–H and O–H groups in total. The molecule has 2 rings (SSSR count). The number of furan rings is 1. The number of hydrogen-bond acceptors (Lipinski definition) is 3. The first-order chi connectivity index (χ1) is 8.58. The average molecular weight is 318 g/mol. The second kappa shape index (κ2) is 5.49. The van der Waals surface area contributed by atoms with Crippen molar-refractivity contribution >= 4 is 21.6 Å². The van der Waals surface area contributed by atoms with Crippen LogP contribution in [0.25, 0.3) is 0 Å². The van der Waals surface area contributed by atoms with Gasteiger partial charge in [-0.15, -0.1) is 0 Å². The van der Waals surface area contributed by atoms with E-state index in [9.17, 15) is 13.9 Å². The zero-order valence-corrected chi connectivity index (χ0v) is 10.7. The van der Waals surface area contributed by atoms with E-state index in [1.807, 2.05) is 0 Å². The van der Waals surface area contributed by atoms with E-state index in [4.69, 9.17) is 4.42 Å². The van der Waals surface area contributed by atoms with Crippen molar-refractivity contribution < 1.29 is 18.3 Å². The summed E-state index contributed by atoms with van der Waals surface area (Å²) in [5.41, 5.74) is 0.0991. The Morgan fingerprint density at radius 3 is 2.78 bits per heavy atom. The van der Waals surface area contributed by atoms with Crippen LogP contribution in [-0.2, 0) is 0 Å². The largest absolute Gasteiger partial charge is 0.467 e. The lowest BCUT2D eigenvalue weighted by Crippen LogP contribution is -2.13. The molecule has 0 saturated carbocycles. The summed E-state index contributed by atoms with van der Waals surface area (Å²) in [7, 11) is 0. The van der Waals surface area contributed by atoms with Crippen LogP contribution in [0.3, 0.4) is 0 Å². The minimum atomic E-state index is -0.906. The first kappa shape index (κ1) is 13.0. The molecular formula is C12H10BrF2NO2. The number of benzene rings is 1. The minimum absolute atomic E-state index is 0.0503. The Morgan fingerprint density at radius 2 is 2.17 bits per heavy atom. The molecule has 3 nitrogen and oxygen atoms in total. The van der Waals surface area contributed by atoms with Gasteiger partial charge in [-0.3, -0.25) is 0 Å². The lowest BCUT2D eigenvalue weighted by atomic mass is 10.2. The van der Waals surface area contributed by atoms with Crippen molar-refractivity contribution in [2.24, 2.45) is 0 Å². The Kier molecular flexibility index (Phi) is 3.98. The van der Waals surface area contributed by atoms with Crippen LogP contribution >= 0.6 is 15.9 Å². The molecule has 18 heavy (non-hydrogen) atoms. The van der Waals surface area contributed by atoms with Crippen molar-refractivity contribution in [1.82, 2.24) is 0 Å². The van der Waals surface area contributed by atoms with Gasteiger partial charge in [0.05, 0.1) is 12.0 Å². The Balaban J connectivity index is 2.07. The van der Waals surface area contributed by atoms with Gasteiger partial charge < -0.3 is 14.8 Å². The molecule has 0 aliphatic heterocycles. The van der Waals surface area contributed by atoms with Crippen molar-refractivity contribution in [1.29, 1.82) is 0 Å². The second-order valence-corrected chi connectivity index (χ2v) is 4.51. The van der Waals surface area contributed by atoms with Crippen LogP contribution in [-0.4, -0.2) is 11.7 Å². The van der Waals surface area contributed by atoms with Crippen LogP contribution in [0.1, 0.15) is 11.9 Å². The molecule has 2 aromatic rings. The van der Waals surface area contributed by atoms with Crippen LogP contribution in [0.2, 0.25) is 0 Å². The van der Waals surface area contributed by atoms with Crippen LogP contribution in [0, 0.1) is 11.6 Å². The molecule has 1 unspecified atom stereocenters. The highest BCUT2D eigenvalue weighted by Crippen LogP contribution is 2.27. The van der Waals surface area contributed by atoms with Gasteiger partial charge >= 0.3 is 0 Å². The quantitative estimate of drug-likeness (QED) is 0.907. The first-order valence-corrected chi connectivity index (χ1v) is 5.97.